The van der Waals surface area contributed by atoms with Gasteiger partial charge in [-0.3, -0.25) is 9.59 Å². The van der Waals surface area contributed by atoms with Crippen molar-refractivity contribution in [3.05, 3.63) is 138 Å². The lowest BCUT2D eigenvalue weighted by molar-refractivity contribution is -0.135. The summed E-state index contributed by atoms with van der Waals surface area (Å²) in [5.41, 5.74) is 8.52. The zero-order valence-electron chi connectivity index (χ0n) is 31.8. The number of carbonyl (C=O) groups is 3. The van der Waals surface area contributed by atoms with Crippen molar-refractivity contribution >= 4 is 17.9 Å². The fourth-order valence-corrected chi connectivity index (χ4v) is 8.72. The van der Waals surface area contributed by atoms with Crippen LogP contribution in [0.3, 0.4) is 0 Å². The minimum absolute atomic E-state index is 0.0828. The molecule has 6 aromatic rings. The number of phenols is 1. The third kappa shape index (κ3) is 7.32. The Kier molecular flexibility index (Phi) is 9.96. The molecule has 0 radical (unpaired) electrons. The van der Waals surface area contributed by atoms with Gasteiger partial charge in [0, 0.05) is 19.6 Å². The quantitative estimate of drug-likeness (QED) is 0.0919. The molecule has 2 saturated heterocycles. The number of carboxylic acid groups (broad SMARTS) is 1. The number of aromatic amines is 2. The minimum atomic E-state index is -1.25. The number of benzene rings is 4. The molecular weight excluding hydrogens is 733 g/mol. The number of nitrogens with one attached hydrogen (secondary N) is 4. The molecule has 2 fully saturated rings. The molecule has 0 aliphatic carbocycles. The molecule has 4 aromatic carbocycles. The fraction of sp³-hybridized carbons (Fsp3) is 0.267. The summed E-state index contributed by atoms with van der Waals surface area (Å²) >= 11 is 0. The largest absolute Gasteiger partial charge is 0.508 e. The van der Waals surface area contributed by atoms with Crippen LogP contribution in [0.25, 0.3) is 33.6 Å². The Morgan fingerprint density at radius 1 is 0.707 bits per heavy atom. The highest BCUT2D eigenvalue weighted by Crippen LogP contribution is 2.36. The molecular formula is C45H44N8O5. The van der Waals surface area contributed by atoms with Crippen LogP contribution >= 0.6 is 0 Å². The number of aromatic hydroxyl groups is 1. The molecule has 0 saturated carbocycles. The molecule has 294 valence electrons. The zero-order valence-corrected chi connectivity index (χ0v) is 31.8. The van der Waals surface area contributed by atoms with E-state index in [1.54, 1.807) is 47.5 Å². The van der Waals surface area contributed by atoms with Crippen molar-refractivity contribution in [2.75, 3.05) is 13.1 Å². The van der Waals surface area contributed by atoms with Crippen LogP contribution in [0, 0.1) is 0 Å². The van der Waals surface area contributed by atoms with Gasteiger partial charge in [-0.2, -0.15) is 0 Å². The van der Waals surface area contributed by atoms with E-state index in [4.69, 9.17) is 4.98 Å². The second-order valence-corrected chi connectivity index (χ2v) is 15.3. The van der Waals surface area contributed by atoms with Crippen molar-refractivity contribution in [1.29, 1.82) is 0 Å². The first-order chi connectivity index (χ1) is 28.3. The van der Waals surface area contributed by atoms with Gasteiger partial charge in [-0.1, -0.05) is 84.9 Å². The van der Waals surface area contributed by atoms with Gasteiger partial charge in [-0.05, 0) is 83.2 Å². The highest BCUT2D eigenvalue weighted by Gasteiger charge is 2.38. The molecule has 3 amide bonds. The number of H-pyrrole nitrogens is 2. The van der Waals surface area contributed by atoms with Crippen molar-refractivity contribution in [2.45, 2.75) is 62.8 Å². The molecule has 0 unspecified atom stereocenters. The van der Waals surface area contributed by atoms with Gasteiger partial charge in [-0.25, -0.2) is 14.8 Å². The number of nitrogens with zero attached hydrogens (tertiary/aromatic N) is 4. The van der Waals surface area contributed by atoms with Gasteiger partial charge in [0.25, 0.3) is 5.91 Å². The number of hydrogen-bond acceptors (Lipinski definition) is 7. The van der Waals surface area contributed by atoms with E-state index in [0.717, 1.165) is 76.3 Å². The standard InChI is InChI=1S/C45H44N8O5/c54-34-19-18-32-23-35(46-24-33(32)22-34)43(55)52-20-4-8-38(52)41-47-25-36(49-41)29-14-10-27(11-15-29)28-12-16-30(17-13-28)37-26-48-42(50-37)39-9-5-21-53(39)44(56)40(51-45(57)58)31-6-2-1-3-7-31/h1-3,6-7,10-19,22,25-26,35,38-40,46,51,54H,4-5,8-9,20-21,23-24H2,(H,47,49)(H,48,50)(H,57,58)/t35-,38-,39-,40+/m0/s1. The van der Waals surface area contributed by atoms with Crippen molar-refractivity contribution in [3.8, 4) is 39.4 Å². The lowest BCUT2D eigenvalue weighted by Gasteiger charge is -2.31. The summed E-state index contributed by atoms with van der Waals surface area (Å²) in [6.45, 7) is 1.76. The number of phenolic OH excluding ortho intramolecular Hbond substituents is 1. The molecule has 13 nitrogen and oxygen atoms in total. The van der Waals surface area contributed by atoms with E-state index >= 15 is 0 Å². The average Bonchev–Trinajstić information content (AvgIpc) is 4.10. The van der Waals surface area contributed by atoms with E-state index in [9.17, 15) is 24.6 Å². The Hall–Kier alpha value is -6.73. The van der Waals surface area contributed by atoms with Crippen LogP contribution in [0.1, 0.15) is 72.1 Å². The van der Waals surface area contributed by atoms with E-state index < -0.39 is 12.1 Å². The molecule has 0 spiro atoms. The maximum Gasteiger partial charge on any atom is 0.405 e. The molecule has 3 aliphatic heterocycles. The summed E-state index contributed by atoms with van der Waals surface area (Å²) in [5, 5.41) is 25.1. The van der Waals surface area contributed by atoms with Gasteiger partial charge in [0.2, 0.25) is 5.91 Å². The first-order valence-electron chi connectivity index (χ1n) is 19.8. The molecule has 13 heteroatoms. The Bertz CT molecular complexity index is 2450. The Morgan fingerprint density at radius 3 is 1.88 bits per heavy atom. The summed E-state index contributed by atoms with van der Waals surface area (Å²) < 4.78 is 0. The molecule has 4 atom stereocenters. The van der Waals surface area contributed by atoms with Gasteiger partial charge in [0.15, 0.2) is 0 Å². The van der Waals surface area contributed by atoms with Crippen molar-refractivity contribution in [1.82, 2.24) is 40.4 Å². The van der Waals surface area contributed by atoms with Crippen LogP contribution in [0.4, 0.5) is 4.79 Å². The molecule has 2 aromatic heterocycles. The predicted octanol–water partition coefficient (Wildman–Crippen LogP) is 6.89. The molecule has 9 rings (SSSR count). The summed E-state index contributed by atoms with van der Waals surface area (Å²) in [5.74, 6) is 1.49. The van der Waals surface area contributed by atoms with E-state index in [0.29, 0.717) is 37.4 Å². The average molecular weight is 777 g/mol. The first kappa shape index (κ1) is 36.9. The number of carbonyl (C=O) groups excluding carboxylic acids is 2. The molecule has 6 N–H and O–H groups in total. The molecule has 3 aliphatic rings. The van der Waals surface area contributed by atoms with Crippen LogP contribution in [-0.4, -0.2) is 77.0 Å². The highest BCUT2D eigenvalue weighted by atomic mass is 16.4. The van der Waals surface area contributed by atoms with Crippen LogP contribution < -0.4 is 10.6 Å². The van der Waals surface area contributed by atoms with E-state index in [-0.39, 0.29) is 35.7 Å². The number of imidazole rings is 2. The Labute approximate surface area is 335 Å². The maximum absolute atomic E-state index is 13.7. The number of fused-ring (bicyclic) bond motifs is 1. The van der Waals surface area contributed by atoms with Crippen LogP contribution in [0.5, 0.6) is 5.75 Å². The second kappa shape index (κ2) is 15.7. The summed E-state index contributed by atoms with van der Waals surface area (Å²) in [4.78, 5) is 59.1. The lowest BCUT2D eigenvalue weighted by atomic mass is 9.94. The SMILES string of the molecule is O=C(O)N[C@@H](C(=O)N1CCC[C@H]1c1ncc(-c2ccc(-c3ccc(-c4cnc([C@@H]5CCCN5C(=O)[C@@H]5Cc6ccc(O)cc6CN5)[nH]4)cc3)cc2)[nH]1)c1ccccc1. The summed E-state index contributed by atoms with van der Waals surface area (Å²) in [6.07, 6.45) is 6.25. The van der Waals surface area contributed by atoms with Gasteiger partial charge in [0.05, 0.1) is 41.9 Å². The Balaban J connectivity index is 0.845. The second-order valence-electron chi connectivity index (χ2n) is 15.3. The van der Waals surface area contributed by atoms with Gasteiger partial charge < -0.3 is 40.6 Å². The van der Waals surface area contributed by atoms with E-state index in [1.165, 1.54) is 0 Å². The molecule has 5 heterocycles. The van der Waals surface area contributed by atoms with Crippen molar-refractivity contribution in [3.63, 3.8) is 0 Å². The normalized spacial score (nSPS) is 19.5. The van der Waals surface area contributed by atoms with Gasteiger partial charge in [0.1, 0.15) is 23.4 Å². The Morgan fingerprint density at radius 2 is 1.28 bits per heavy atom. The fourth-order valence-electron chi connectivity index (χ4n) is 8.72. The van der Waals surface area contributed by atoms with E-state index in [2.05, 4.69) is 62.0 Å². The maximum atomic E-state index is 13.7. The molecule has 0 bridgehead atoms. The number of amides is 3. The third-order valence-electron chi connectivity index (χ3n) is 11.7. The first-order valence-corrected chi connectivity index (χ1v) is 19.8. The van der Waals surface area contributed by atoms with E-state index in [1.807, 2.05) is 35.4 Å². The molecule has 58 heavy (non-hydrogen) atoms. The topological polar surface area (TPSA) is 180 Å². The van der Waals surface area contributed by atoms with Crippen molar-refractivity contribution < 1.29 is 24.6 Å². The number of hydrogen-bond donors (Lipinski definition) is 6. The van der Waals surface area contributed by atoms with Gasteiger partial charge in [-0.15, -0.1) is 0 Å². The number of likely N-dealkylation sites (tertiary alicyclic amines) is 2. The lowest BCUT2D eigenvalue weighted by Crippen LogP contribution is -2.49. The van der Waals surface area contributed by atoms with Crippen LogP contribution in [0.2, 0.25) is 0 Å². The van der Waals surface area contributed by atoms with Crippen LogP contribution in [0.15, 0.2) is 109 Å². The minimum Gasteiger partial charge on any atom is -0.508 e. The van der Waals surface area contributed by atoms with Gasteiger partial charge >= 0.3 is 6.09 Å². The zero-order chi connectivity index (χ0) is 39.8. The van der Waals surface area contributed by atoms with Crippen molar-refractivity contribution in [2.24, 2.45) is 0 Å². The predicted molar refractivity (Wildman–Crippen MR) is 217 cm³/mol. The summed E-state index contributed by atoms with van der Waals surface area (Å²) in [6, 6.07) is 29.1. The highest BCUT2D eigenvalue weighted by molar-refractivity contribution is 5.87. The monoisotopic (exact) mass is 776 g/mol. The number of aromatic nitrogens is 4. The van der Waals surface area contributed by atoms with Crippen LogP contribution in [-0.2, 0) is 22.6 Å². The third-order valence-corrected chi connectivity index (χ3v) is 11.7. The summed E-state index contributed by atoms with van der Waals surface area (Å²) in [7, 11) is 0. The number of rotatable bonds is 9. The smallest absolute Gasteiger partial charge is 0.405 e.